The molecule has 4 aromatic rings. The lowest BCUT2D eigenvalue weighted by atomic mass is 10.0. The molecule has 286 valence electrons. The number of rotatable bonds is 19. The van der Waals surface area contributed by atoms with Gasteiger partial charge in [-0.05, 0) is 74.1 Å². The fourth-order valence-electron chi connectivity index (χ4n) is 6.48. The van der Waals surface area contributed by atoms with Crippen LogP contribution < -0.4 is 31.9 Å². The van der Waals surface area contributed by atoms with Crippen LogP contribution in [0.5, 0.6) is 0 Å². The van der Waals surface area contributed by atoms with Crippen molar-refractivity contribution in [3.05, 3.63) is 71.3 Å². The standard InChI is InChI=1S/C38H44ClFN8O4S2/c39-35-28(45-36(51)24-8-6-9-26(40)18-24)19-25(21-44-35)23-13-14-27-31(20-23)54-38(47-27)43-17-7-16-42-32(49)11-2-1-5-15-41-33(50)12-4-3-10-30-34-29(22-53-30)46-37(52)48-34/h6,8-9,13-14,18-21,29-30,34H,1-5,7,10-12,15-17,22H2,(H,41,50)(H,42,49)(H,43,47)(H,45,51)(H2,46,48,52)/t29?,30-,34-/m0/s1. The Morgan fingerprint density at radius 2 is 1.69 bits per heavy atom. The lowest BCUT2D eigenvalue weighted by molar-refractivity contribution is -0.122. The highest BCUT2D eigenvalue weighted by molar-refractivity contribution is 8.00. The van der Waals surface area contributed by atoms with Crippen molar-refractivity contribution in [2.24, 2.45) is 0 Å². The topological polar surface area (TPSA) is 166 Å². The van der Waals surface area contributed by atoms with Gasteiger partial charge in [-0.25, -0.2) is 19.2 Å². The van der Waals surface area contributed by atoms with E-state index in [9.17, 15) is 23.6 Å². The maximum Gasteiger partial charge on any atom is 0.315 e. The second-order valence-electron chi connectivity index (χ2n) is 13.4. The maximum atomic E-state index is 13.6. The Morgan fingerprint density at radius 1 is 0.889 bits per heavy atom. The van der Waals surface area contributed by atoms with Crippen LogP contribution in [0.3, 0.4) is 0 Å². The van der Waals surface area contributed by atoms with Crippen molar-refractivity contribution in [3.8, 4) is 11.1 Å². The van der Waals surface area contributed by atoms with Gasteiger partial charge in [-0.2, -0.15) is 11.8 Å². The Kier molecular flexibility index (Phi) is 14.0. The molecule has 0 radical (unpaired) electrons. The summed E-state index contributed by atoms with van der Waals surface area (Å²) in [6, 6.07) is 13.4. The van der Waals surface area contributed by atoms with Crippen LogP contribution in [-0.2, 0) is 9.59 Å². The minimum Gasteiger partial charge on any atom is -0.361 e. The summed E-state index contributed by atoms with van der Waals surface area (Å²) < 4.78 is 14.6. The number of nitrogens with zero attached hydrogens (tertiary/aromatic N) is 2. The number of amides is 5. The largest absolute Gasteiger partial charge is 0.361 e. The number of fused-ring (bicyclic) bond motifs is 2. The Labute approximate surface area is 326 Å². The fraction of sp³-hybridized carbons (Fsp3) is 0.421. The molecule has 2 fully saturated rings. The number of benzene rings is 2. The third kappa shape index (κ3) is 11.0. The van der Waals surface area contributed by atoms with Crippen LogP contribution in [0.25, 0.3) is 21.3 Å². The Hall–Kier alpha value is -4.47. The molecule has 2 aliphatic heterocycles. The first-order valence-electron chi connectivity index (χ1n) is 18.3. The number of thiazole rings is 1. The number of nitrogens with one attached hydrogen (secondary N) is 6. The Morgan fingerprint density at radius 3 is 2.50 bits per heavy atom. The molecule has 2 aliphatic rings. The first-order valence-corrected chi connectivity index (χ1v) is 20.6. The van der Waals surface area contributed by atoms with Crippen molar-refractivity contribution >= 4 is 79.5 Å². The molecular weight excluding hydrogens is 751 g/mol. The van der Waals surface area contributed by atoms with Crippen LogP contribution in [0.1, 0.15) is 68.1 Å². The number of carbonyl (C=O) groups is 4. The van der Waals surface area contributed by atoms with Gasteiger partial charge >= 0.3 is 6.03 Å². The van der Waals surface area contributed by atoms with Gasteiger partial charge < -0.3 is 31.9 Å². The highest BCUT2D eigenvalue weighted by Crippen LogP contribution is 2.34. The zero-order chi connectivity index (χ0) is 37.9. The summed E-state index contributed by atoms with van der Waals surface area (Å²) in [7, 11) is 0. The molecule has 16 heteroatoms. The molecule has 0 aliphatic carbocycles. The van der Waals surface area contributed by atoms with Crippen LogP contribution in [0.2, 0.25) is 5.15 Å². The van der Waals surface area contributed by atoms with Gasteiger partial charge in [-0.3, -0.25) is 14.4 Å². The molecule has 2 aromatic heterocycles. The van der Waals surface area contributed by atoms with Crippen molar-refractivity contribution in [1.29, 1.82) is 0 Å². The van der Waals surface area contributed by atoms with Gasteiger partial charge in [0.2, 0.25) is 11.8 Å². The average molecular weight is 795 g/mol. The van der Waals surface area contributed by atoms with Gasteiger partial charge in [-0.15, -0.1) is 0 Å². The third-order valence-corrected chi connectivity index (χ3v) is 12.1. The molecule has 12 nitrogen and oxygen atoms in total. The monoisotopic (exact) mass is 794 g/mol. The van der Waals surface area contributed by atoms with Gasteiger partial charge in [0.05, 0.1) is 28.0 Å². The van der Waals surface area contributed by atoms with Crippen molar-refractivity contribution in [3.63, 3.8) is 0 Å². The summed E-state index contributed by atoms with van der Waals surface area (Å²) in [6.07, 6.45) is 8.66. The predicted molar refractivity (Wildman–Crippen MR) is 214 cm³/mol. The van der Waals surface area contributed by atoms with E-state index in [1.165, 1.54) is 29.5 Å². The second kappa shape index (κ2) is 19.2. The SMILES string of the molecule is O=C(CCCC[C@@H]1SCC2NC(=O)N[C@@H]21)NCCCCCC(=O)NCCCNc1nc2ccc(-c3cnc(Cl)c(NC(=O)c4cccc(F)c4)c3)cc2s1. The number of thioether (sulfide) groups is 1. The van der Waals surface area contributed by atoms with Gasteiger partial charge in [0.15, 0.2) is 10.3 Å². The molecule has 1 unspecified atom stereocenters. The van der Waals surface area contributed by atoms with E-state index in [2.05, 4.69) is 41.9 Å². The summed E-state index contributed by atoms with van der Waals surface area (Å²) in [4.78, 5) is 57.5. The fourth-order valence-corrected chi connectivity index (χ4v) is 9.10. The molecule has 2 aromatic carbocycles. The minimum atomic E-state index is -0.505. The molecule has 6 rings (SSSR count). The summed E-state index contributed by atoms with van der Waals surface area (Å²) in [5.74, 6) is 0.0529. The maximum absolute atomic E-state index is 13.6. The number of pyridine rings is 1. The van der Waals surface area contributed by atoms with Gasteiger partial charge in [-0.1, -0.05) is 47.9 Å². The molecule has 5 amide bonds. The smallest absolute Gasteiger partial charge is 0.315 e. The molecule has 6 N–H and O–H groups in total. The molecule has 54 heavy (non-hydrogen) atoms. The lowest BCUT2D eigenvalue weighted by Gasteiger charge is -2.16. The summed E-state index contributed by atoms with van der Waals surface area (Å²) in [5, 5.41) is 19.3. The first-order chi connectivity index (χ1) is 26.2. The summed E-state index contributed by atoms with van der Waals surface area (Å²) in [5.41, 5.74) is 2.95. The van der Waals surface area contributed by atoms with Crippen molar-refractivity contribution < 1.29 is 23.6 Å². The number of carbonyl (C=O) groups excluding carboxylic acids is 4. The summed E-state index contributed by atoms with van der Waals surface area (Å²) >= 11 is 9.68. The number of unbranched alkanes of at least 4 members (excludes halogenated alkanes) is 3. The van der Waals surface area contributed by atoms with Crippen LogP contribution in [0.4, 0.5) is 20.0 Å². The predicted octanol–water partition coefficient (Wildman–Crippen LogP) is 6.72. The normalized spacial score (nSPS) is 17.4. The number of halogens is 2. The lowest BCUT2D eigenvalue weighted by Crippen LogP contribution is -2.36. The molecule has 3 atom stereocenters. The molecule has 2 saturated heterocycles. The number of urea groups is 1. The average Bonchev–Trinajstić information content (AvgIpc) is 3.85. The Bertz CT molecular complexity index is 1970. The van der Waals surface area contributed by atoms with E-state index in [-0.39, 0.29) is 40.6 Å². The number of hydrogen-bond acceptors (Lipinski definition) is 9. The second-order valence-corrected chi connectivity index (χ2v) is 16.0. The van der Waals surface area contributed by atoms with Crippen molar-refractivity contribution in [2.75, 3.05) is 36.0 Å². The van der Waals surface area contributed by atoms with Crippen LogP contribution in [-0.4, -0.2) is 76.4 Å². The van der Waals surface area contributed by atoms with E-state index < -0.39 is 11.7 Å². The van der Waals surface area contributed by atoms with E-state index in [1.54, 1.807) is 12.3 Å². The van der Waals surface area contributed by atoms with Crippen LogP contribution >= 0.6 is 34.7 Å². The zero-order valence-electron chi connectivity index (χ0n) is 29.7. The minimum absolute atomic E-state index is 0.0274. The summed E-state index contributed by atoms with van der Waals surface area (Å²) in [6.45, 7) is 1.83. The first kappa shape index (κ1) is 39.2. The van der Waals surface area contributed by atoms with E-state index in [4.69, 9.17) is 11.6 Å². The van der Waals surface area contributed by atoms with Crippen LogP contribution in [0.15, 0.2) is 54.7 Å². The van der Waals surface area contributed by atoms with Crippen LogP contribution in [0, 0.1) is 5.82 Å². The quantitative estimate of drug-likeness (QED) is 0.0346. The van der Waals surface area contributed by atoms with E-state index in [0.717, 1.165) is 83.2 Å². The molecular formula is C38H44ClFN8O4S2. The zero-order valence-corrected chi connectivity index (χ0v) is 32.1. The van der Waals surface area contributed by atoms with E-state index in [0.29, 0.717) is 43.4 Å². The van der Waals surface area contributed by atoms with Gasteiger partial charge in [0.25, 0.3) is 5.91 Å². The third-order valence-electron chi connectivity index (χ3n) is 9.33. The van der Waals surface area contributed by atoms with Crippen molar-refractivity contribution in [1.82, 2.24) is 31.2 Å². The van der Waals surface area contributed by atoms with Gasteiger partial charge in [0, 0.05) is 60.8 Å². The van der Waals surface area contributed by atoms with E-state index in [1.807, 2.05) is 30.0 Å². The molecule has 4 heterocycles. The highest BCUT2D eigenvalue weighted by atomic mass is 35.5. The highest BCUT2D eigenvalue weighted by Gasteiger charge is 2.42. The van der Waals surface area contributed by atoms with Crippen molar-refractivity contribution in [2.45, 2.75) is 75.1 Å². The molecule has 0 bridgehead atoms. The number of aromatic nitrogens is 2. The van der Waals surface area contributed by atoms with Gasteiger partial charge in [0.1, 0.15) is 5.82 Å². The molecule has 0 saturated carbocycles. The van der Waals surface area contributed by atoms with E-state index >= 15 is 0 Å². The Balaban J connectivity index is 0.816. The number of anilines is 2. The number of hydrogen-bond donors (Lipinski definition) is 6. The molecule has 0 spiro atoms.